The van der Waals surface area contributed by atoms with E-state index in [0.29, 0.717) is 16.8 Å². The number of esters is 1. The third kappa shape index (κ3) is 4.00. The molecule has 1 N–H and O–H groups in total. The Balaban J connectivity index is 1.80. The summed E-state index contributed by atoms with van der Waals surface area (Å²) >= 11 is 0. The highest BCUT2D eigenvalue weighted by Gasteiger charge is 2.32. The number of aromatic carboxylic acids is 1. The molecular weight excluding hydrogens is 419 g/mol. The maximum atomic E-state index is 12.6. The van der Waals surface area contributed by atoms with E-state index in [1.807, 2.05) is 0 Å². The van der Waals surface area contributed by atoms with Crippen molar-refractivity contribution in [3.63, 3.8) is 0 Å². The smallest absolute Gasteiger partial charge is 0.493 e. The molecule has 0 radical (unpaired) electrons. The van der Waals surface area contributed by atoms with Crippen LogP contribution in [0.4, 0.5) is 13.2 Å². The highest BCUT2D eigenvalue weighted by Crippen LogP contribution is 2.39. The lowest BCUT2D eigenvalue weighted by Gasteiger charge is -2.13. The van der Waals surface area contributed by atoms with Crippen LogP contribution in [0.2, 0.25) is 0 Å². The number of alkyl halides is 3. The molecule has 0 bridgehead atoms. The second-order valence-corrected chi connectivity index (χ2v) is 6.95. The summed E-state index contributed by atoms with van der Waals surface area (Å²) in [6.45, 7) is 0.260. The van der Waals surface area contributed by atoms with Crippen LogP contribution in [0, 0.1) is 0 Å². The molecule has 1 aromatic heterocycles. The second-order valence-electron chi connectivity index (χ2n) is 6.95. The first-order chi connectivity index (χ1) is 14.7. The van der Waals surface area contributed by atoms with Crippen LogP contribution >= 0.6 is 0 Å². The van der Waals surface area contributed by atoms with E-state index in [1.165, 1.54) is 23.8 Å². The number of halogens is 3. The average Bonchev–Trinajstić information content (AvgIpc) is 3.27. The summed E-state index contributed by atoms with van der Waals surface area (Å²) in [5, 5.41) is 10.1. The van der Waals surface area contributed by atoms with Gasteiger partial charge in [0.1, 0.15) is 17.2 Å². The first-order valence-electron chi connectivity index (χ1n) is 9.15. The summed E-state index contributed by atoms with van der Waals surface area (Å²) in [6.07, 6.45) is -4.75. The van der Waals surface area contributed by atoms with Crippen LogP contribution in [-0.2, 0) is 9.53 Å². The Kier molecular flexibility index (Phi) is 5.00. The third-order valence-electron chi connectivity index (χ3n) is 5.00. The number of rotatable bonds is 5. The van der Waals surface area contributed by atoms with E-state index in [0.717, 1.165) is 17.7 Å². The number of nitrogens with zero attached hydrogens (tertiary/aromatic N) is 1. The number of fused-ring (bicyclic) bond motifs is 2. The summed E-state index contributed by atoms with van der Waals surface area (Å²) in [4.78, 5) is 23.4. The van der Waals surface area contributed by atoms with Gasteiger partial charge >= 0.3 is 18.3 Å². The lowest BCUT2D eigenvalue weighted by Crippen LogP contribution is -2.17. The van der Waals surface area contributed by atoms with Crippen molar-refractivity contribution in [3.8, 4) is 17.2 Å². The zero-order valence-electron chi connectivity index (χ0n) is 16.1. The first kappa shape index (κ1) is 20.6. The fraction of sp³-hybridized carbons (Fsp3) is 0.238. The topological polar surface area (TPSA) is 87.0 Å². The highest BCUT2D eigenvalue weighted by molar-refractivity contribution is 5.96. The minimum Gasteiger partial charge on any atom is -0.493 e. The Morgan fingerprint density at radius 3 is 2.65 bits per heavy atom. The summed E-state index contributed by atoms with van der Waals surface area (Å²) in [5.41, 5.74) is 1.24. The van der Waals surface area contributed by atoms with Gasteiger partial charge in [-0.1, -0.05) is 6.07 Å². The molecule has 0 amide bonds. The molecule has 0 fully saturated rings. The molecule has 31 heavy (non-hydrogen) atoms. The minimum absolute atomic E-state index is 0.133. The van der Waals surface area contributed by atoms with Crippen molar-refractivity contribution < 1.29 is 42.1 Å². The quantitative estimate of drug-likeness (QED) is 0.603. The zero-order valence-corrected chi connectivity index (χ0v) is 16.1. The standard InChI is InChI=1S/C21H16F3NO6/c1-29-19(26)7-12-10-30-18-8-13(3-5-15(12)18)25-16-9-14(31-21(22,23)24)4-2-11(16)6-17(25)20(27)28/h2-6,8-9,12H,7,10H2,1H3,(H,27,28). The number of hydrogen-bond acceptors (Lipinski definition) is 5. The van der Waals surface area contributed by atoms with E-state index in [4.69, 9.17) is 4.74 Å². The van der Waals surface area contributed by atoms with Gasteiger partial charge in [-0.3, -0.25) is 4.79 Å². The second kappa shape index (κ2) is 7.53. The van der Waals surface area contributed by atoms with Crippen molar-refractivity contribution in [1.29, 1.82) is 0 Å². The molecule has 3 aromatic rings. The summed E-state index contributed by atoms with van der Waals surface area (Å²) in [7, 11) is 1.30. The minimum atomic E-state index is -4.88. The van der Waals surface area contributed by atoms with Crippen molar-refractivity contribution in [2.45, 2.75) is 18.7 Å². The molecule has 2 heterocycles. The van der Waals surface area contributed by atoms with E-state index >= 15 is 0 Å². The van der Waals surface area contributed by atoms with E-state index in [1.54, 1.807) is 18.2 Å². The number of aromatic nitrogens is 1. The van der Waals surface area contributed by atoms with Crippen LogP contribution in [0.5, 0.6) is 11.5 Å². The molecule has 4 rings (SSSR count). The molecule has 1 unspecified atom stereocenters. The van der Waals surface area contributed by atoms with E-state index < -0.39 is 18.1 Å². The fourth-order valence-corrected chi connectivity index (χ4v) is 3.67. The summed E-state index contributed by atoms with van der Waals surface area (Å²) in [6, 6.07) is 9.90. The first-order valence-corrected chi connectivity index (χ1v) is 9.15. The fourth-order valence-electron chi connectivity index (χ4n) is 3.67. The van der Waals surface area contributed by atoms with Gasteiger partial charge in [-0.2, -0.15) is 0 Å². The summed E-state index contributed by atoms with van der Waals surface area (Å²) < 4.78 is 53.5. The van der Waals surface area contributed by atoms with Gasteiger partial charge in [-0.15, -0.1) is 13.2 Å². The Morgan fingerprint density at radius 1 is 1.19 bits per heavy atom. The van der Waals surface area contributed by atoms with Gasteiger partial charge in [0.25, 0.3) is 0 Å². The number of methoxy groups -OCH3 is 1. The molecule has 10 heteroatoms. The van der Waals surface area contributed by atoms with Gasteiger partial charge in [-0.25, -0.2) is 4.79 Å². The van der Waals surface area contributed by atoms with Gasteiger partial charge in [0, 0.05) is 29.0 Å². The van der Waals surface area contributed by atoms with Crippen LogP contribution in [0.1, 0.15) is 28.4 Å². The Morgan fingerprint density at radius 2 is 1.97 bits per heavy atom. The molecular formula is C21H16F3NO6. The number of carboxylic acids is 1. The SMILES string of the molecule is COC(=O)CC1COc2cc(-n3c(C(=O)O)cc4ccc(OC(F)(F)F)cc43)ccc21. The largest absolute Gasteiger partial charge is 0.573 e. The molecule has 1 aliphatic heterocycles. The highest BCUT2D eigenvalue weighted by atomic mass is 19.4. The van der Waals surface area contributed by atoms with E-state index in [-0.39, 0.29) is 36.1 Å². The Bertz CT molecular complexity index is 1180. The van der Waals surface area contributed by atoms with Crippen LogP contribution in [0.15, 0.2) is 42.5 Å². The van der Waals surface area contributed by atoms with E-state index in [9.17, 15) is 27.9 Å². The lowest BCUT2D eigenvalue weighted by atomic mass is 9.97. The maximum absolute atomic E-state index is 12.6. The summed E-state index contributed by atoms with van der Waals surface area (Å²) in [5.74, 6) is -1.84. The molecule has 1 aliphatic rings. The molecule has 7 nitrogen and oxygen atoms in total. The van der Waals surface area contributed by atoms with Crippen molar-refractivity contribution in [1.82, 2.24) is 4.57 Å². The van der Waals surface area contributed by atoms with Crippen LogP contribution in [-0.4, -0.2) is 41.7 Å². The van der Waals surface area contributed by atoms with Crippen molar-refractivity contribution in [3.05, 3.63) is 53.7 Å². The average molecular weight is 435 g/mol. The van der Waals surface area contributed by atoms with Gasteiger partial charge in [0.15, 0.2) is 0 Å². The van der Waals surface area contributed by atoms with Gasteiger partial charge < -0.3 is 23.9 Å². The number of carboxylic acid groups (broad SMARTS) is 1. The third-order valence-corrected chi connectivity index (χ3v) is 5.00. The van der Waals surface area contributed by atoms with Crippen LogP contribution in [0.3, 0.4) is 0 Å². The van der Waals surface area contributed by atoms with Crippen LogP contribution < -0.4 is 9.47 Å². The Labute approximate surface area is 173 Å². The van der Waals surface area contributed by atoms with Gasteiger partial charge in [0.2, 0.25) is 0 Å². The Hall–Kier alpha value is -3.69. The molecule has 1 atom stereocenters. The lowest BCUT2D eigenvalue weighted by molar-refractivity contribution is -0.274. The van der Waals surface area contributed by atoms with Gasteiger partial charge in [-0.05, 0) is 24.3 Å². The number of carbonyl (C=O) groups is 2. The number of ether oxygens (including phenoxy) is 3. The normalized spacial score (nSPS) is 15.4. The predicted octanol–water partition coefficient (Wildman–Crippen LogP) is 4.27. The van der Waals surface area contributed by atoms with Gasteiger partial charge in [0.05, 0.1) is 31.3 Å². The monoisotopic (exact) mass is 435 g/mol. The predicted molar refractivity (Wildman–Crippen MR) is 102 cm³/mol. The molecule has 0 aliphatic carbocycles. The molecule has 0 spiro atoms. The molecule has 0 saturated carbocycles. The van der Waals surface area contributed by atoms with Crippen molar-refractivity contribution in [2.75, 3.05) is 13.7 Å². The van der Waals surface area contributed by atoms with Crippen molar-refractivity contribution in [2.24, 2.45) is 0 Å². The maximum Gasteiger partial charge on any atom is 0.573 e. The molecule has 162 valence electrons. The molecule has 2 aromatic carbocycles. The van der Waals surface area contributed by atoms with Crippen molar-refractivity contribution >= 4 is 22.8 Å². The number of hydrogen-bond donors (Lipinski definition) is 1. The number of carbonyl (C=O) groups excluding carboxylic acids is 1. The zero-order chi connectivity index (χ0) is 22.3. The van der Waals surface area contributed by atoms with E-state index in [2.05, 4.69) is 9.47 Å². The number of benzene rings is 2. The molecule has 0 saturated heterocycles. The van der Waals surface area contributed by atoms with Crippen LogP contribution in [0.25, 0.3) is 16.6 Å².